The van der Waals surface area contributed by atoms with E-state index in [1.165, 1.54) is 0 Å². The standard InChI is InChI=1S/C22H20BrNO4/c1-14-11-12-27-20-18(24(21(20)25)13-15-5-3-2-4-6-15)19(14)28-22(26)16-7-9-17(23)10-8-16/h2-11,18-20H,12-13H2,1H3/t18-,19+,20+/m0/s1. The summed E-state index contributed by atoms with van der Waals surface area (Å²) in [6, 6.07) is 16.5. The van der Waals surface area contributed by atoms with Crippen LogP contribution in [0.3, 0.4) is 0 Å². The van der Waals surface area contributed by atoms with E-state index >= 15 is 0 Å². The van der Waals surface area contributed by atoms with Crippen LogP contribution in [-0.2, 0) is 20.8 Å². The van der Waals surface area contributed by atoms with Crippen LogP contribution < -0.4 is 0 Å². The number of hydrogen-bond acceptors (Lipinski definition) is 4. The summed E-state index contributed by atoms with van der Waals surface area (Å²) in [4.78, 5) is 27.1. The van der Waals surface area contributed by atoms with E-state index in [9.17, 15) is 9.59 Å². The van der Waals surface area contributed by atoms with Gasteiger partial charge in [-0.25, -0.2) is 4.79 Å². The number of halogens is 1. The Labute approximate surface area is 172 Å². The third kappa shape index (κ3) is 3.62. The molecule has 144 valence electrons. The highest BCUT2D eigenvalue weighted by Crippen LogP contribution is 2.34. The van der Waals surface area contributed by atoms with Gasteiger partial charge in [0.25, 0.3) is 5.91 Å². The van der Waals surface area contributed by atoms with Crippen LogP contribution in [0.4, 0.5) is 0 Å². The summed E-state index contributed by atoms with van der Waals surface area (Å²) in [5.74, 6) is -0.480. The van der Waals surface area contributed by atoms with Gasteiger partial charge in [-0.05, 0) is 42.3 Å². The molecule has 0 bridgehead atoms. The van der Waals surface area contributed by atoms with Crippen molar-refractivity contribution in [1.82, 2.24) is 4.90 Å². The van der Waals surface area contributed by atoms with Gasteiger partial charge in [-0.3, -0.25) is 4.79 Å². The van der Waals surface area contributed by atoms with Gasteiger partial charge in [0, 0.05) is 11.0 Å². The zero-order chi connectivity index (χ0) is 19.7. The molecule has 28 heavy (non-hydrogen) atoms. The third-order valence-corrected chi connectivity index (χ3v) is 5.67. The summed E-state index contributed by atoms with van der Waals surface area (Å²) in [5, 5.41) is 0. The maximum absolute atomic E-state index is 12.7. The molecule has 3 atom stereocenters. The number of β-lactam (4-membered cyclic amide) rings is 1. The van der Waals surface area contributed by atoms with Gasteiger partial charge in [0.1, 0.15) is 12.1 Å². The van der Waals surface area contributed by atoms with E-state index < -0.39 is 18.2 Å². The minimum Gasteiger partial charge on any atom is -0.452 e. The number of likely N-dealkylation sites (tertiary alicyclic amines) is 1. The van der Waals surface area contributed by atoms with Crippen LogP contribution in [0.2, 0.25) is 0 Å². The highest BCUT2D eigenvalue weighted by molar-refractivity contribution is 9.10. The molecule has 0 N–H and O–H groups in total. The molecule has 0 unspecified atom stereocenters. The topological polar surface area (TPSA) is 55.8 Å². The molecule has 0 radical (unpaired) electrons. The Hall–Kier alpha value is -2.44. The van der Waals surface area contributed by atoms with Crippen molar-refractivity contribution in [2.24, 2.45) is 0 Å². The van der Waals surface area contributed by atoms with Crippen LogP contribution in [0.5, 0.6) is 0 Å². The van der Waals surface area contributed by atoms with Crippen LogP contribution in [0.25, 0.3) is 0 Å². The molecule has 1 fully saturated rings. The molecule has 2 aromatic rings. The van der Waals surface area contributed by atoms with Crippen molar-refractivity contribution in [1.29, 1.82) is 0 Å². The lowest BCUT2D eigenvalue weighted by Gasteiger charge is -2.48. The van der Waals surface area contributed by atoms with Gasteiger partial charge in [-0.15, -0.1) is 0 Å². The summed E-state index contributed by atoms with van der Waals surface area (Å²) < 4.78 is 12.5. The van der Waals surface area contributed by atoms with E-state index in [1.807, 2.05) is 43.3 Å². The number of carbonyl (C=O) groups excluding carboxylic acids is 2. The molecule has 2 aliphatic heterocycles. The normalized spacial score (nSPS) is 23.9. The van der Waals surface area contributed by atoms with Gasteiger partial charge in [0.05, 0.1) is 12.2 Å². The molecule has 0 aromatic heterocycles. The Balaban J connectivity index is 1.57. The number of amides is 1. The first-order chi connectivity index (χ1) is 13.5. The maximum Gasteiger partial charge on any atom is 0.338 e. The van der Waals surface area contributed by atoms with Gasteiger partial charge in [-0.2, -0.15) is 0 Å². The lowest BCUT2D eigenvalue weighted by molar-refractivity contribution is -0.181. The van der Waals surface area contributed by atoms with Gasteiger partial charge in [-0.1, -0.05) is 52.3 Å². The fourth-order valence-electron chi connectivity index (χ4n) is 3.59. The molecule has 2 heterocycles. The lowest BCUT2D eigenvalue weighted by Crippen LogP contribution is -2.69. The largest absolute Gasteiger partial charge is 0.452 e. The zero-order valence-electron chi connectivity index (χ0n) is 15.4. The molecule has 2 aromatic carbocycles. The van der Waals surface area contributed by atoms with E-state index in [4.69, 9.17) is 9.47 Å². The predicted octanol–water partition coefficient (Wildman–Crippen LogP) is 3.73. The number of esters is 1. The number of hydrogen-bond donors (Lipinski definition) is 0. The van der Waals surface area contributed by atoms with E-state index in [-0.39, 0.29) is 11.9 Å². The molecule has 5 nitrogen and oxygen atoms in total. The van der Waals surface area contributed by atoms with E-state index in [1.54, 1.807) is 29.2 Å². The molecule has 1 amide bonds. The Kier molecular flexibility index (Phi) is 5.33. The van der Waals surface area contributed by atoms with Crippen LogP contribution in [0, 0.1) is 0 Å². The first-order valence-electron chi connectivity index (χ1n) is 9.14. The molecule has 0 aliphatic carbocycles. The van der Waals surface area contributed by atoms with Crippen molar-refractivity contribution in [3.8, 4) is 0 Å². The van der Waals surface area contributed by atoms with Gasteiger partial charge in [0.2, 0.25) is 0 Å². The van der Waals surface area contributed by atoms with E-state index in [2.05, 4.69) is 15.9 Å². The quantitative estimate of drug-likeness (QED) is 0.412. The van der Waals surface area contributed by atoms with Crippen LogP contribution in [0.1, 0.15) is 22.8 Å². The fraction of sp³-hybridized carbons (Fsp3) is 0.273. The molecule has 0 saturated carbocycles. The van der Waals surface area contributed by atoms with Crippen LogP contribution in [-0.4, -0.2) is 41.6 Å². The predicted molar refractivity (Wildman–Crippen MR) is 108 cm³/mol. The monoisotopic (exact) mass is 441 g/mol. The van der Waals surface area contributed by atoms with Crippen molar-refractivity contribution in [2.45, 2.75) is 31.7 Å². The first-order valence-corrected chi connectivity index (χ1v) is 9.93. The number of carbonyl (C=O) groups is 2. The zero-order valence-corrected chi connectivity index (χ0v) is 17.0. The highest BCUT2D eigenvalue weighted by atomic mass is 79.9. The average Bonchev–Trinajstić information content (AvgIpc) is 2.85. The second-order valence-corrected chi connectivity index (χ2v) is 7.89. The fourth-order valence-corrected chi connectivity index (χ4v) is 3.86. The third-order valence-electron chi connectivity index (χ3n) is 5.15. The molecule has 0 spiro atoms. The Bertz CT molecular complexity index is 910. The number of ether oxygens (including phenoxy) is 2. The number of fused-ring (bicyclic) bond motifs is 1. The summed E-state index contributed by atoms with van der Waals surface area (Å²) >= 11 is 3.36. The van der Waals surface area contributed by atoms with Crippen molar-refractivity contribution in [3.63, 3.8) is 0 Å². The molecule has 2 aliphatic rings. The SMILES string of the molecule is CC1=CCO[C@H]2C(=O)N(Cc3ccccc3)[C@H]2[C@@H]1OC(=O)c1ccc(Br)cc1. The minimum absolute atomic E-state index is 0.0679. The van der Waals surface area contributed by atoms with Gasteiger partial charge in [0.15, 0.2) is 6.10 Å². The number of rotatable bonds is 4. The minimum atomic E-state index is -0.583. The molecule has 4 rings (SSSR count). The van der Waals surface area contributed by atoms with Crippen molar-refractivity contribution in [2.75, 3.05) is 6.61 Å². The first kappa shape index (κ1) is 18.9. The lowest BCUT2D eigenvalue weighted by atomic mass is 9.88. The van der Waals surface area contributed by atoms with Crippen LogP contribution in [0.15, 0.2) is 70.7 Å². The Morgan fingerprint density at radius 1 is 1.18 bits per heavy atom. The summed E-state index contributed by atoms with van der Waals surface area (Å²) in [5.41, 5.74) is 2.39. The van der Waals surface area contributed by atoms with E-state index in [0.717, 1.165) is 15.6 Å². The number of benzene rings is 2. The second-order valence-electron chi connectivity index (χ2n) is 6.98. The summed E-state index contributed by atoms with van der Waals surface area (Å²) in [6.07, 6.45) is 0.761. The molecule has 6 heteroatoms. The van der Waals surface area contributed by atoms with E-state index in [0.29, 0.717) is 18.7 Å². The number of nitrogens with zero attached hydrogens (tertiary/aromatic N) is 1. The highest BCUT2D eigenvalue weighted by Gasteiger charge is 2.54. The van der Waals surface area contributed by atoms with Crippen LogP contribution >= 0.6 is 15.9 Å². The average molecular weight is 442 g/mol. The Morgan fingerprint density at radius 2 is 1.89 bits per heavy atom. The second kappa shape index (κ2) is 7.89. The maximum atomic E-state index is 12.7. The summed E-state index contributed by atoms with van der Waals surface area (Å²) in [6.45, 7) is 2.71. The molecular weight excluding hydrogens is 422 g/mol. The van der Waals surface area contributed by atoms with Crippen molar-refractivity contribution in [3.05, 3.63) is 81.8 Å². The molecular formula is C22H20BrNO4. The Morgan fingerprint density at radius 3 is 2.61 bits per heavy atom. The molecule has 1 saturated heterocycles. The summed E-state index contributed by atoms with van der Waals surface area (Å²) in [7, 11) is 0. The van der Waals surface area contributed by atoms with Gasteiger partial charge < -0.3 is 14.4 Å². The smallest absolute Gasteiger partial charge is 0.338 e. The van der Waals surface area contributed by atoms with Crippen molar-refractivity contribution < 1.29 is 19.1 Å². The van der Waals surface area contributed by atoms with Crippen molar-refractivity contribution >= 4 is 27.8 Å². The van der Waals surface area contributed by atoms with Gasteiger partial charge >= 0.3 is 5.97 Å².